The summed E-state index contributed by atoms with van der Waals surface area (Å²) in [5.41, 5.74) is -2.60. The standard InChI is InChI=1S/C19H20F3N3O7S/c1-8(32-9-4-5-11(25(30)31)10(7-9)19(20,21)22)6-12(26)23-13-15(27)24-14(17(28)29)18(2,3)33-16(13)24/h4-5,7-8,13-14,16H,6H2,1-3H3,(H,23,26)(H,28,29)/t8?,13-,14+,16-/m1/s1. The fourth-order valence-electron chi connectivity index (χ4n) is 3.89. The lowest BCUT2D eigenvalue weighted by molar-refractivity contribution is -0.388. The summed E-state index contributed by atoms with van der Waals surface area (Å²) in [5.74, 6) is -2.60. The van der Waals surface area contributed by atoms with Gasteiger partial charge in [-0.1, -0.05) is 0 Å². The first-order valence-corrected chi connectivity index (χ1v) is 10.6. The lowest BCUT2D eigenvalue weighted by atomic mass is 9.96. The maximum atomic E-state index is 13.1. The van der Waals surface area contributed by atoms with Crippen LogP contribution in [-0.2, 0) is 20.6 Å². The lowest BCUT2D eigenvalue weighted by Crippen LogP contribution is -2.70. The number of nitrogens with zero attached hydrogens (tertiary/aromatic N) is 2. The van der Waals surface area contributed by atoms with E-state index in [0.717, 1.165) is 6.07 Å². The molecule has 2 N–H and O–H groups in total. The molecular formula is C19H20F3N3O7S. The smallest absolute Gasteiger partial charge is 0.423 e. The van der Waals surface area contributed by atoms with Crippen molar-refractivity contribution in [2.24, 2.45) is 0 Å². The van der Waals surface area contributed by atoms with Gasteiger partial charge in [-0.25, -0.2) is 4.79 Å². The number of carboxylic acids is 1. The summed E-state index contributed by atoms with van der Waals surface area (Å²) >= 11 is 1.25. The molecule has 1 unspecified atom stereocenters. The van der Waals surface area contributed by atoms with Crippen molar-refractivity contribution in [2.45, 2.75) is 61.7 Å². The lowest BCUT2D eigenvalue weighted by Gasteiger charge is -2.43. The second-order valence-corrected chi connectivity index (χ2v) is 9.98. The molecule has 2 fully saturated rings. The maximum absolute atomic E-state index is 13.1. The van der Waals surface area contributed by atoms with Crippen molar-refractivity contribution >= 4 is 35.2 Å². The molecule has 14 heteroatoms. The van der Waals surface area contributed by atoms with Crippen LogP contribution in [0.25, 0.3) is 0 Å². The molecule has 1 aromatic rings. The molecule has 2 heterocycles. The number of alkyl halides is 3. The second kappa shape index (κ2) is 8.39. The summed E-state index contributed by atoms with van der Waals surface area (Å²) < 4.78 is 43.9. The molecule has 33 heavy (non-hydrogen) atoms. The normalized spacial score (nSPS) is 24.5. The van der Waals surface area contributed by atoms with E-state index in [-0.39, 0.29) is 12.2 Å². The third-order valence-electron chi connectivity index (χ3n) is 5.27. The van der Waals surface area contributed by atoms with E-state index < -0.39 is 68.4 Å². The van der Waals surface area contributed by atoms with Gasteiger partial charge in [-0.2, -0.15) is 13.2 Å². The Hall–Kier alpha value is -3.03. The average Bonchev–Trinajstić information content (AvgIpc) is 2.93. The number of carboxylic acid groups (broad SMARTS) is 1. The summed E-state index contributed by atoms with van der Waals surface area (Å²) in [6, 6.07) is 0.210. The molecule has 0 spiro atoms. The van der Waals surface area contributed by atoms with Gasteiger partial charge in [0.15, 0.2) is 0 Å². The summed E-state index contributed by atoms with van der Waals surface area (Å²) in [5, 5.41) is 22.2. The molecule has 4 atom stereocenters. The number of nitro benzene ring substituents is 1. The topological polar surface area (TPSA) is 139 Å². The third-order valence-corrected chi connectivity index (χ3v) is 6.84. The van der Waals surface area contributed by atoms with Crippen molar-refractivity contribution in [1.29, 1.82) is 0 Å². The average molecular weight is 491 g/mol. The number of hydrogen-bond acceptors (Lipinski definition) is 7. The Bertz CT molecular complexity index is 1020. The number of thioether (sulfide) groups is 1. The van der Waals surface area contributed by atoms with Gasteiger partial charge < -0.3 is 20.1 Å². The monoisotopic (exact) mass is 491 g/mol. The van der Waals surface area contributed by atoms with Crippen LogP contribution in [-0.4, -0.2) is 61.0 Å². The van der Waals surface area contributed by atoms with Gasteiger partial charge in [-0.3, -0.25) is 19.7 Å². The number of benzene rings is 1. The summed E-state index contributed by atoms with van der Waals surface area (Å²) in [4.78, 5) is 47.2. The third kappa shape index (κ3) is 4.70. The zero-order chi connectivity index (χ0) is 24.9. The van der Waals surface area contributed by atoms with Crippen molar-refractivity contribution in [3.8, 4) is 5.75 Å². The first kappa shape index (κ1) is 24.6. The Labute approximate surface area is 189 Å². The number of amides is 2. The second-order valence-electron chi connectivity index (χ2n) is 8.21. The molecule has 2 saturated heterocycles. The fraction of sp³-hybridized carbons (Fsp3) is 0.526. The van der Waals surface area contributed by atoms with Gasteiger partial charge in [0, 0.05) is 10.8 Å². The Morgan fingerprint density at radius 1 is 1.39 bits per heavy atom. The van der Waals surface area contributed by atoms with Crippen LogP contribution < -0.4 is 10.1 Å². The van der Waals surface area contributed by atoms with Crippen LogP contribution in [0.2, 0.25) is 0 Å². The summed E-state index contributed by atoms with van der Waals surface area (Å²) in [6.45, 7) is 4.80. The highest BCUT2D eigenvalue weighted by Crippen LogP contribution is 2.50. The largest absolute Gasteiger partial charge is 0.490 e. The number of carbonyl (C=O) groups is 3. The number of β-lactam (4-membered cyclic amide) rings is 1. The highest BCUT2D eigenvalue weighted by Gasteiger charge is 2.64. The number of rotatable bonds is 7. The molecule has 10 nitrogen and oxygen atoms in total. The number of nitrogens with one attached hydrogen (secondary N) is 1. The molecule has 0 radical (unpaired) electrons. The van der Waals surface area contributed by atoms with Gasteiger partial charge in [-0.15, -0.1) is 11.8 Å². The van der Waals surface area contributed by atoms with Crippen LogP contribution in [0.5, 0.6) is 5.75 Å². The van der Waals surface area contributed by atoms with E-state index in [0.29, 0.717) is 12.1 Å². The number of aliphatic carboxylic acids is 1. The highest BCUT2D eigenvalue weighted by atomic mass is 32.2. The summed E-state index contributed by atoms with van der Waals surface area (Å²) in [7, 11) is 0. The van der Waals surface area contributed by atoms with Crippen molar-refractivity contribution in [3.63, 3.8) is 0 Å². The van der Waals surface area contributed by atoms with Gasteiger partial charge in [0.2, 0.25) is 11.8 Å². The quantitative estimate of drug-likeness (QED) is 0.337. The number of ether oxygens (including phenoxy) is 1. The minimum atomic E-state index is -4.97. The maximum Gasteiger partial charge on any atom is 0.423 e. The number of fused-ring (bicyclic) bond motifs is 1. The van der Waals surface area contributed by atoms with Crippen LogP contribution in [0.1, 0.15) is 32.8 Å². The molecule has 1 aromatic carbocycles. The van der Waals surface area contributed by atoms with E-state index in [9.17, 15) is 42.8 Å². The number of carbonyl (C=O) groups excluding carboxylic acids is 2. The molecule has 2 aliphatic rings. The van der Waals surface area contributed by atoms with E-state index in [1.54, 1.807) is 13.8 Å². The van der Waals surface area contributed by atoms with Gasteiger partial charge in [0.1, 0.15) is 34.9 Å². The van der Waals surface area contributed by atoms with Crippen LogP contribution in [0.15, 0.2) is 18.2 Å². The molecule has 180 valence electrons. The number of halogens is 3. The van der Waals surface area contributed by atoms with Gasteiger partial charge >= 0.3 is 12.1 Å². The van der Waals surface area contributed by atoms with Crippen LogP contribution in [0.3, 0.4) is 0 Å². The molecule has 3 rings (SSSR count). The molecule has 0 bridgehead atoms. The first-order valence-electron chi connectivity index (χ1n) is 9.68. The van der Waals surface area contributed by atoms with E-state index in [1.807, 2.05) is 0 Å². The Morgan fingerprint density at radius 2 is 2.03 bits per heavy atom. The molecule has 2 amide bonds. The fourth-order valence-corrected chi connectivity index (χ4v) is 5.51. The van der Waals surface area contributed by atoms with Gasteiger partial charge in [-0.05, 0) is 32.9 Å². The number of hydrogen-bond donors (Lipinski definition) is 2. The first-order chi connectivity index (χ1) is 15.1. The minimum absolute atomic E-state index is 0.309. The van der Waals surface area contributed by atoms with E-state index in [2.05, 4.69) is 5.32 Å². The molecule has 0 aliphatic carbocycles. The van der Waals surface area contributed by atoms with Gasteiger partial charge in [0.25, 0.3) is 5.69 Å². The van der Waals surface area contributed by atoms with E-state index in [4.69, 9.17) is 4.74 Å². The number of nitro groups is 1. The van der Waals surface area contributed by atoms with Crippen LogP contribution >= 0.6 is 11.8 Å². The minimum Gasteiger partial charge on any atom is -0.490 e. The molecule has 0 aromatic heterocycles. The predicted octanol–water partition coefficient (Wildman–Crippen LogP) is 2.40. The van der Waals surface area contributed by atoms with Crippen molar-refractivity contribution < 1.29 is 42.3 Å². The van der Waals surface area contributed by atoms with Crippen LogP contribution in [0, 0.1) is 10.1 Å². The molecule has 0 saturated carbocycles. The van der Waals surface area contributed by atoms with Gasteiger partial charge in [0.05, 0.1) is 11.3 Å². The van der Waals surface area contributed by atoms with E-state index >= 15 is 0 Å². The zero-order valence-electron chi connectivity index (χ0n) is 17.6. The highest BCUT2D eigenvalue weighted by molar-refractivity contribution is 8.01. The van der Waals surface area contributed by atoms with Crippen molar-refractivity contribution in [2.75, 3.05) is 0 Å². The van der Waals surface area contributed by atoms with Crippen molar-refractivity contribution in [3.05, 3.63) is 33.9 Å². The Balaban J connectivity index is 1.62. The predicted molar refractivity (Wildman–Crippen MR) is 108 cm³/mol. The SMILES string of the molecule is CC(CC(=O)N[C@@H]1C(=O)N2[C@@H]1SC(C)(C)[C@@H]2C(=O)O)Oc1ccc([N+](=O)[O-])c(C(F)(F)F)c1. The zero-order valence-corrected chi connectivity index (χ0v) is 18.4. The molecular weight excluding hydrogens is 471 g/mol. The Kier molecular flexibility index (Phi) is 6.26. The Morgan fingerprint density at radius 3 is 2.58 bits per heavy atom. The summed E-state index contributed by atoms with van der Waals surface area (Å²) in [6.07, 6.45) is -6.21. The van der Waals surface area contributed by atoms with Crippen LogP contribution in [0.4, 0.5) is 18.9 Å². The van der Waals surface area contributed by atoms with E-state index in [1.165, 1.54) is 23.6 Å². The molecule has 2 aliphatic heterocycles. The van der Waals surface area contributed by atoms with Crippen molar-refractivity contribution in [1.82, 2.24) is 10.2 Å².